The molecule has 16 heavy (non-hydrogen) atoms. The second-order valence-electron chi connectivity index (χ2n) is 4.62. The molecule has 2 atom stereocenters. The predicted octanol–water partition coefficient (Wildman–Crippen LogP) is 2.01. The van der Waals surface area contributed by atoms with Gasteiger partial charge >= 0.3 is 0 Å². The van der Waals surface area contributed by atoms with Gasteiger partial charge in [-0.1, -0.05) is 20.8 Å². The van der Waals surface area contributed by atoms with E-state index in [9.17, 15) is 4.79 Å². The van der Waals surface area contributed by atoms with Crippen molar-refractivity contribution in [2.24, 2.45) is 11.8 Å². The molecule has 1 aliphatic heterocycles. The third-order valence-corrected chi connectivity index (χ3v) is 3.49. The smallest absolute Gasteiger partial charge is 0.142 e. The van der Waals surface area contributed by atoms with E-state index in [0.29, 0.717) is 19.0 Å². The Hall–Kier alpha value is -0.410. The van der Waals surface area contributed by atoms with Gasteiger partial charge in [0.05, 0.1) is 19.1 Å². The lowest BCUT2D eigenvalue weighted by Crippen LogP contribution is -2.41. The van der Waals surface area contributed by atoms with Gasteiger partial charge in [0, 0.05) is 12.0 Å². The number of hydrogen-bond donors (Lipinski definition) is 1. The van der Waals surface area contributed by atoms with Crippen LogP contribution in [0.5, 0.6) is 0 Å². The SMILES string of the molecule is CCCNC1COCC1C(=O)C(CC)CC. The topological polar surface area (TPSA) is 38.3 Å². The van der Waals surface area contributed by atoms with Gasteiger partial charge in [-0.3, -0.25) is 4.79 Å². The molecule has 1 aliphatic rings. The molecule has 1 N–H and O–H groups in total. The minimum absolute atomic E-state index is 0.0800. The number of carbonyl (C=O) groups is 1. The molecule has 1 rings (SSSR count). The number of Topliss-reactive ketones (excluding diaryl/α,β-unsaturated/α-hetero) is 1. The van der Waals surface area contributed by atoms with Gasteiger partial charge in [-0.15, -0.1) is 0 Å². The summed E-state index contributed by atoms with van der Waals surface area (Å²) >= 11 is 0. The average Bonchev–Trinajstić information content (AvgIpc) is 2.75. The second-order valence-corrected chi connectivity index (χ2v) is 4.62. The van der Waals surface area contributed by atoms with Gasteiger partial charge in [0.25, 0.3) is 0 Å². The molecular weight excluding hydrogens is 202 g/mol. The minimum atomic E-state index is 0.0800. The maximum Gasteiger partial charge on any atom is 0.142 e. The first-order chi connectivity index (χ1) is 7.74. The van der Waals surface area contributed by atoms with E-state index in [1.54, 1.807) is 0 Å². The highest BCUT2D eigenvalue weighted by atomic mass is 16.5. The van der Waals surface area contributed by atoms with E-state index in [1.807, 2.05) is 0 Å². The summed E-state index contributed by atoms with van der Waals surface area (Å²) in [5.74, 6) is 0.699. The van der Waals surface area contributed by atoms with Crippen molar-refractivity contribution in [3.63, 3.8) is 0 Å². The van der Waals surface area contributed by atoms with Crippen molar-refractivity contribution in [2.45, 2.75) is 46.1 Å². The van der Waals surface area contributed by atoms with Gasteiger partial charge < -0.3 is 10.1 Å². The van der Waals surface area contributed by atoms with Crippen molar-refractivity contribution < 1.29 is 9.53 Å². The summed E-state index contributed by atoms with van der Waals surface area (Å²) in [5.41, 5.74) is 0. The van der Waals surface area contributed by atoms with Crippen molar-refractivity contribution in [1.29, 1.82) is 0 Å². The molecule has 0 bridgehead atoms. The number of rotatable bonds is 7. The molecule has 3 nitrogen and oxygen atoms in total. The predicted molar refractivity (Wildman–Crippen MR) is 65.5 cm³/mol. The highest BCUT2D eigenvalue weighted by Gasteiger charge is 2.35. The Kier molecular flexibility index (Phi) is 5.99. The fraction of sp³-hybridized carbons (Fsp3) is 0.923. The molecule has 0 aromatic rings. The number of hydrogen-bond acceptors (Lipinski definition) is 3. The molecule has 0 radical (unpaired) electrons. The third kappa shape index (κ3) is 3.29. The Bertz CT molecular complexity index is 214. The van der Waals surface area contributed by atoms with E-state index in [1.165, 1.54) is 0 Å². The molecular formula is C13H25NO2. The van der Waals surface area contributed by atoms with E-state index in [0.717, 1.165) is 25.8 Å². The Morgan fingerprint density at radius 2 is 2.00 bits per heavy atom. The zero-order chi connectivity index (χ0) is 12.0. The first-order valence-corrected chi connectivity index (χ1v) is 6.59. The maximum absolute atomic E-state index is 12.3. The zero-order valence-electron chi connectivity index (χ0n) is 10.8. The van der Waals surface area contributed by atoms with E-state index in [2.05, 4.69) is 26.1 Å². The lowest BCUT2D eigenvalue weighted by Gasteiger charge is -2.21. The average molecular weight is 227 g/mol. The maximum atomic E-state index is 12.3. The Morgan fingerprint density at radius 1 is 1.31 bits per heavy atom. The Morgan fingerprint density at radius 3 is 2.56 bits per heavy atom. The second kappa shape index (κ2) is 7.02. The summed E-state index contributed by atoms with van der Waals surface area (Å²) in [4.78, 5) is 12.3. The lowest BCUT2D eigenvalue weighted by molar-refractivity contribution is -0.127. The summed E-state index contributed by atoms with van der Waals surface area (Å²) in [7, 11) is 0. The molecule has 0 saturated carbocycles. The van der Waals surface area contributed by atoms with Crippen molar-refractivity contribution in [3.05, 3.63) is 0 Å². The van der Waals surface area contributed by atoms with Crippen LogP contribution in [0.15, 0.2) is 0 Å². The summed E-state index contributed by atoms with van der Waals surface area (Å²) < 4.78 is 5.44. The van der Waals surface area contributed by atoms with Gasteiger partial charge in [-0.05, 0) is 25.8 Å². The van der Waals surface area contributed by atoms with Crippen LogP contribution >= 0.6 is 0 Å². The molecule has 0 aromatic heterocycles. The number of nitrogens with one attached hydrogen (secondary N) is 1. The van der Waals surface area contributed by atoms with Crippen molar-refractivity contribution >= 4 is 5.78 Å². The molecule has 3 heteroatoms. The molecule has 0 amide bonds. The van der Waals surface area contributed by atoms with Crippen molar-refractivity contribution in [3.8, 4) is 0 Å². The summed E-state index contributed by atoms with van der Waals surface area (Å²) in [5, 5.41) is 3.42. The molecule has 0 aliphatic carbocycles. The van der Waals surface area contributed by atoms with Crippen LogP contribution in [0, 0.1) is 11.8 Å². The number of ketones is 1. The lowest BCUT2D eigenvalue weighted by atomic mass is 9.86. The van der Waals surface area contributed by atoms with Crippen LogP contribution < -0.4 is 5.32 Å². The monoisotopic (exact) mass is 227 g/mol. The van der Waals surface area contributed by atoms with Crippen LogP contribution in [0.3, 0.4) is 0 Å². The van der Waals surface area contributed by atoms with Gasteiger partial charge in [0.1, 0.15) is 5.78 Å². The third-order valence-electron chi connectivity index (χ3n) is 3.49. The van der Waals surface area contributed by atoms with Crippen molar-refractivity contribution in [1.82, 2.24) is 5.32 Å². The van der Waals surface area contributed by atoms with Crippen LogP contribution in [0.2, 0.25) is 0 Å². The molecule has 94 valence electrons. The highest BCUT2D eigenvalue weighted by molar-refractivity contribution is 5.84. The molecule has 0 spiro atoms. The fourth-order valence-corrected chi connectivity index (χ4v) is 2.36. The van der Waals surface area contributed by atoms with E-state index < -0.39 is 0 Å². The van der Waals surface area contributed by atoms with Crippen LogP contribution in [0.25, 0.3) is 0 Å². The van der Waals surface area contributed by atoms with Gasteiger partial charge in [-0.2, -0.15) is 0 Å². The van der Waals surface area contributed by atoms with Gasteiger partial charge in [0.15, 0.2) is 0 Å². The van der Waals surface area contributed by atoms with Crippen LogP contribution in [-0.2, 0) is 9.53 Å². The normalized spacial score (nSPS) is 25.2. The quantitative estimate of drug-likeness (QED) is 0.723. The fourth-order valence-electron chi connectivity index (χ4n) is 2.36. The Balaban J connectivity index is 2.52. The number of ether oxygens (including phenoxy) is 1. The van der Waals surface area contributed by atoms with Crippen molar-refractivity contribution in [2.75, 3.05) is 19.8 Å². The van der Waals surface area contributed by atoms with Crippen LogP contribution in [0.4, 0.5) is 0 Å². The van der Waals surface area contributed by atoms with E-state index in [4.69, 9.17) is 4.74 Å². The Labute approximate surface area is 98.9 Å². The molecule has 1 heterocycles. The van der Waals surface area contributed by atoms with E-state index in [-0.39, 0.29) is 17.9 Å². The van der Waals surface area contributed by atoms with Crippen LogP contribution in [-0.4, -0.2) is 31.6 Å². The number of carbonyl (C=O) groups excluding carboxylic acids is 1. The summed E-state index contributed by atoms with van der Waals surface area (Å²) in [6.07, 6.45) is 3.00. The first-order valence-electron chi connectivity index (χ1n) is 6.59. The zero-order valence-corrected chi connectivity index (χ0v) is 10.8. The molecule has 0 aromatic carbocycles. The molecule has 2 unspecified atom stereocenters. The van der Waals surface area contributed by atoms with Crippen LogP contribution in [0.1, 0.15) is 40.0 Å². The van der Waals surface area contributed by atoms with Gasteiger partial charge in [0.2, 0.25) is 0 Å². The molecule has 1 fully saturated rings. The van der Waals surface area contributed by atoms with Gasteiger partial charge in [-0.25, -0.2) is 0 Å². The molecule has 1 saturated heterocycles. The largest absolute Gasteiger partial charge is 0.379 e. The highest BCUT2D eigenvalue weighted by Crippen LogP contribution is 2.22. The first kappa shape index (κ1) is 13.7. The summed E-state index contributed by atoms with van der Waals surface area (Å²) in [6.45, 7) is 8.60. The minimum Gasteiger partial charge on any atom is -0.379 e. The summed E-state index contributed by atoms with van der Waals surface area (Å²) in [6, 6.07) is 0.244. The standard InChI is InChI=1S/C13H25NO2/c1-4-7-14-12-9-16-8-11(12)13(15)10(5-2)6-3/h10-12,14H,4-9H2,1-3H3. The van der Waals surface area contributed by atoms with E-state index >= 15 is 0 Å².